The molecule has 0 radical (unpaired) electrons. The van der Waals surface area contributed by atoms with Crippen LogP contribution in [0.4, 0.5) is 11.4 Å². The van der Waals surface area contributed by atoms with E-state index in [0.717, 1.165) is 22.4 Å². The standard InChI is InChI=1S/C12H15BrN2O/c1-3-15-8(2)6-12(16)14-10-7-9(13)4-5-11(10)15/h4-5,7-8H,3,6H2,1-2H3,(H,14,16). The van der Waals surface area contributed by atoms with Gasteiger partial charge in [-0.3, -0.25) is 4.79 Å². The number of hydrogen-bond acceptors (Lipinski definition) is 2. The minimum absolute atomic E-state index is 0.0859. The Kier molecular flexibility index (Phi) is 3.19. The van der Waals surface area contributed by atoms with Crippen molar-refractivity contribution in [3.05, 3.63) is 22.7 Å². The predicted octanol–water partition coefficient (Wildman–Crippen LogP) is 3.01. The van der Waals surface area contributed by atoms with E-state index in [-0.39, 0.29) is 11.9 Å². The van der Waals surface area contributed by atoms with E-state index in [1.807, 2.05) is 18.2 Å². The van der Waals surface area contributed by atoms with Gasteiger partial charge >= 0.3 is 0 Å². The molecule has 0 saturated carbocycles. The molecular formula is C12H15BrN2O. The van der Waals surface area contributed by atoms with Crippen LogP contribution in [0.25, 0.3) is 0 Å². The average molecular weight is 283 g/mol. The Hall–Kier alpha value is -1.03. The smallest absolute Gasteiger partial charge is 0.226 e. The molecule has 0 saturated heterocycles. The Morgan fingerprint density at radius 3 is 3.00 bits per heavy atom. The lowest BCUT2D eigenvalue weighted by atomic mass is 10.2. The summed E-state index contributed by atoms with van der Waals surface area (Å²) in [4.78, 5) is 13.9. The second-order valence-corrected chi connectivity index (χ2v) is 4.96. The molecule has 0 aliphatic carbocycles. The Bertz CT molecular complexity index is 419. The highest BCUT2D eigenvalue weighted by Crippen LogP contribution is 2.33. The molecule has 0 bridgehead atoms. The SMILES string of the molecule is CCN1c2ccc(Br)cc2NC(=O)CC1C. The van der Waals surface area contributed by atoms with E-state index >= 15 is 0 Å². The molecule has 4 heteroatoms. The Labute approximate surface area is 104 Å². The van der Waals surface area contributed by atoms with Gasteiger partial charge in [0.05, 0.1) is 11.4 Å². The molecule has 0 spiro atoms. The maximum Gasteiger partial charge on any atom is 0.226 e. The molecular weight excluding hydrogens is 268 g/mol. The van der Waals surface area contributed by atoms with Crippen LogP contribution in [0.2, 0.25) is 0 Å². The van der Waals surface area contributed by atoms with Crippen LogP contribution in [0, 0.1) is 0 Å². The van der Waals surface area contributed by atoms with Crippen LogP contribution in [-0.2, 0) is 4.79 Å². The summed E-state index contributed by atoms with van der Waals surface area (Å²) in [5.74, 6) is 0.0859. The lowest BCUT2D eigenvalue weighted by molar-refractivity contribution is -0.116. The first-order chi connectivity index (χ1) is 7.61. The molecule has 1 aliphatic rings. The first kappa shape index (κ1) is 11.5. The zero-order chi connectivity index (χ0) is 11.7. The summed E-state index contributed by atoms with van der Waals surface area (Å²) in [6.07, 6.45) is 0.542. The van der Waals surface area contributed by atoms with Gasteiger partial charge in [-0.15, -0.1) is 0 Å². The van der Waals surface area contributed by atoms with Gasteiger partial charge in [0.25, 0.3) is 0 Å². The summed E-state index contributed by atoms with van der Waals surface area (Å²) in [7, 11) is 0. The maximum atomic E-state index is 11.7. The van der Waals surface area contributed by atoms with Crippen LogP contribution in [-0.4, -0.2) is 18.5 Å². The van der Waals surface area contributed by atoms with Gasteiger partial charge in [0.15, 0.2) is 0 Å². The monoisotopic (exact) mass is 282 g/mol. The summed E-state index contributed by atoms with van der Waals surface area (Å²) in [6, 6.07) is 6.25. The van der Waals surface area contributed by atoms with Crippen molar-refractivity contribution < 1.29 is 4.79 Å². The molecule has 86 valence electrons. The highest BCUT2D eigenvalue weighted by molar-refractivity contribution is 9.10. The van der Waals surface area contributed by atoms with Gasteiger partial charge < -0.3 is 10.2 Å². The summed E-state index contributed by atoms with van der Waals surface area (Å²) in [5.41, 5.74) is 2.00. The number of nitrogens with zero attached hydrogens (tertiary/aromatic N) is 1. The van der Waals surface area contributed by atoms with Crippen molar-refractivity contribution >= 4 is 33.2 Å². The van der Waals surface area contributed by atoms with E-state index < -0.39 is 0 Å². The molecule has 0 aromatic heterocycles. The maximum absolute atomic E-state index is 11.7. The fraction of sp³-hybridized carbons (Fsp3) is 0.417. The third-order valence-corrected chi connectivity index (χ3v) is 3.39. The van der Waals surface area contributed by atoms with Crippen LogP contribution < -0.4 is 10.2 Å². The van der Waals surface area contributed by atoms with Crippen molar-refractivity contribution in [1.29, 1.82) is 0 Å². The third-order valence-electron chi connectivity index (χ3n) is 2.90. The Morgan fingerprint density at radius 2 is 2.31 bits per heavy atom. The van der Waals surface area contributed by atoms with Crippen LogP contribution in [0.1, 0.15) is 20.3 Å². The Morgan fingerprint density at radius 1 is 1.56 bits per heavy atom. The average Bonchev–Trinajstić information content (AvgIpc) is 2.32. The minimum Gasteiger partial charge on any atom is -0.367 e. The lowest BCUT2D eigenvalue weighted by Crippen LogP contribution is -2.33. The zero-order valence-corrected chi connectivity index (χ0v) is 11.0. The van der Waals surface area contributed by atoms with Gasteiger partial charge in [-0.05, 0) is 32.0 Å². The molecule has 1 atom stereocenters. The molecule has 2 rings (SSSR count). The largest absolute Gasteiger partial charge is 0.367 e. The van der Waals surface area contributed by atoms with E-state index in [2.05, 4.69) is 40.0 Å². The van der Waals surface area contributed by atoms with Gasteiger partial charge in [-0.1, -0.05) is 15.9 Å². The number of rotatable bonds is 1. The van der Waals surface area contributed by atoms with Gasteiger partial charge in [-0.25, -0.2) is 0 Å². The molecule has 1 aromatic carbocycles. The second kappa shape index (κ2) is 4.45. The number of carbonyl (C=O) groups is 1. The molecule has 3 nitrogen and oxygen atoms in total. The van der Waals surface area contributed by atoms with Crippen molar-refractivity contribution in [3.63, 3.8) is 0 Å². The van der Waals surface area contributed by atoms with Crippen molar-refractivity contribution in [1.82, 2.24) is 0 Å². The zero-order valence-electron chi connectivity index (χ0n) is 9.46. The van der Waals surface area contributed by atoms with E-state index in [1.54, 1.807) is 0 Å². The molecule has 1 aliphatic heterocycles. The van der Waals surface area contributed by atoms with Gasteiger partial charge in [0, 0.05) is 23.5 Å². The van der Waals surface area contributed by atoms with Crippen molar-refractivity contribution in [2.24, 2.45) is 0 Å². The molecule has 0 fully saturated rings. The number of hydrogen-bond donors (Lipinski definition) is 1. The van der Waals surface area contributed by atoms with Crippen molar-refractivity contribution in [2.45, 2.75) is 26.3 Å². The first-order valence-electron chi connectivity index (χ1n) is 5.48. The first-order valence-corrected chi connectivity index (χ1v) is 6.27. The number of benzene rings is 1. The lowest BCUT2D eigenvalue weighted by Gasteiger charge is -2.28. The van der Waals surface area contributed by atoms with Gasteiger partial charge in [0.2, 0.25) is 5.91 Å². The van der Waals surface area contributed by atoms with Crippen LogP contribution in [0.5, 0.6) is 0 Å². The third kappa shape index (κ3) is 2.07. The molecule has 1 amide bonds. The van der Waals surface area contributed by atoms with Crippen LogP contribution in [0.3, 0.4) is 0 Å². The van der Waals surface area contributed by atoms with E-state index in [1.165, 1.54) is 0 Å². The molecule has 1 unspecified atom stereocenters. The minimum atomic E-state index is 0.0859. The quantitative estimate of drug-likeness (QED) is 0.859. The number of fused-ring (bicyclic) bond motifs is 1. The van der Waals surface area contributed by atoms with E-state index in [9.17, 15) is 4.79 Å². The van der Waals surface area contributed by atoms with Crippen molar-refractivity contribution in [3.8, 4) is 0 Å². The van der Waals surface area contributed by atoms with Gasteiger partial charge in [-0.2, -0.15) is 0 Å². The fourth-order valence-corrected chi connectivity index (χ4v) is 2.52. The number of halogens is 1. The summed E-state index contributed by atoms with van der Waals surface area (Å²) < 4.78 is 0.983. The second-order valence-electron chi connectivity index (χ2n) is 4.05. The van der Waals surface area contributed by atoms with E-state index in [4.69, 9.17) is 0 Å². The molecule has 16 heavy (non-hydrogen) atoms. The van der Waals surface area contributed by atoms with Gasteiger partial charge in [0.1, 0.15) is 0 Å². The van der Waals surface area contributed by atoms with Crippen LogP contribution >= 0.6 is 15.9 Å². The van der Waals surface area contributed by atoms with Crippen LogP contribution in [0.15, 0.2) is 22.7 Å². The predicted molar refractivity (Wildman–Crippen MR) is 69.9 cm³/mol. The Balaban J connectivity index is 2.49. The number of amides is 1. The molecule has 1 heterocycles. The summed E-state index contributed by atoms with van der Waals surface area (Å²) >= 11 is 3.42. The fourth-order valence-electron chi connectivity index (χ4n) is 2.16. The number of nitrogens with one attached hydrogen (secondary N) is 1. The van der Waals surface area contributed by atoms with E-state index in [0.29, 0.717) is 6.42 Å². The molecule has 1 N–H and O–H groups in total. The molecule has 1 aromatic rings. The number of carbonyl (C=O) groups excluding carboxylic acids is 1. The highest BCUT2D eigenvalue weighted by Gasteiger charge is 2.23. The van der Waals surface area contributed by atoms with Crippen molar-refractivity contribution in [2.75, 3.05) is 16.8 Å². The summed E-state index contributed by atoms with van der Waals surface area (Å²) in [5, 5.41) is 2.95. The highest BCUT2D eigenvalue weighted by atomic mass is 79.9. The summed E-state index contributed by atoms with van der Waals surface area (Å²) in [6.45, 7) is 5.10. The number of anilines is 2. The normalized spacial score (nSPS) is 20.1. The topological polar surface area (TPSA) is 32.3 Å².